The van der Waals surface area contributed by atoms with Crippen molar-refractivity contribution in [3.63, 3.8) is 0 Å². The average molecular weight is 427 g/mol. The molecule has 2 fully saturated rings. The largest absolute Gasteiger partial charge is 0.333 e. The first-order valence-electron chi connectivity index (χ1n) is 11.4. The topological polar surface area (TPSA) is 74.8 Å². The van der Waals surface area contributed by atoms with Gasteiger partial charge in [0.1, 0.15) is 6.29 Å². The Labute approximate surface area is 185 Å². The van der Waals surface area contributed by atoms with E-state index in [0.717, 1.165) is 38.5 Å². The SMILES string of the molecule is C=CC.CC.CC.CC(=O)N1CCCC1C=O.CCC(=O)N1C(C)CCC1C(C)=O. The molecule has 0 aromatic carbocycles. The van der Waals surface area contributed by atoms with Crippen molar-refractivity contribution in [3.8, 4) is 0 Å². The summed E-state index contributed by atoms with van der Waals surface area (Å²) in [6.07, 6.45) is 6.69. The number of carbonyl (C=O) groups is 4. The third kappa shape index (κ3) is 11.9. The fourth-order valence-corrected chi connectivity index (χ4v) is 3.31. The number of ketones is 1. The Balaban J connectivity index is -0.000000381. The molecule has 2 aliphatic heterocycles. The highest BCUT2D eigenvalue weighted by Gasteiger charge is 2.35. The lowest BCUT2D eigenvalue weighted by Gasteiger charge is -2.26. The standard InChI is InChI=1S/C10H17NO2.C7H11NO2.C3H6.2C2H6/c1-4-10(13)11-7(2)5-6-9(11)8(3)12;1-6(10)8-4-2-3-7(8)5-9;1-3-2;2*1-2/h7,9H,4-6H2,1-3H3;5,7H,2-4H2,1H3;3H,1H2,2H3;2*1-2H3. The molecule has 2 saturated heterocycles. The lowest BCUT2D eigenvalue weighted by molar-refractivity contribution is -0.138. The molecule has 0 aliphatic carbocycles. The highest BCUT2D eigenvalue weighted by atomic mass is 16.2. The van der Waals surface area contributed by atoms with Gasteiger partial charge in [0.2, 0.25) is 11.8 Å². The van der Waals surface area contributed by atoms with Crippen molar-refractivity contribution >= 4 is 23.9 Å². The first-order valence-corrected chi connectivity index (χ1v) is 11.4. The Bertz CT molecular complexity index is 505. The number of hydrogen-bond donors (Lipinski definition) is 0. The minimum absolute atomic E-state index is 0.00889. The zero-order chi connectivity index (χ0) is 24.3. The summed E-state index contributed by atoms with van der Waals surface area (Å²) in [7, 11) is 0. The maximum Gasteiger partial charge on any atom is 0.223 e. The smallest absolute Gasteiger partial charge is 0.223 e. The van der Waals surface area contributed by atoms with Crippen LogP contribution in [0, 0.1) is 0 Å². The molecule has 3 unspecified atom stereocenters. The number of rotatable bonds is 3. The first kappa shape index (κ1) is 32.7. The average Bonchev–Trinajstić information content (AvgIpc) is 3.38. The van der Waals surface area contributed by atoms with Crippen molar-refractivity contribution in [1.82, 2.24) is 9.80 Å². The molecule has 6 nitrogen and oxygen atoms in total. The van der Waals surface area contributed by atoms with Gasteiger partial charge in [0.05, 0.1) is 12.1 Å². The second kappa shape index (κ2) is 20.3. The van der Waals surface area contributed by atoms with E-state index in [-0.39, 0.29) is 35.7 Å². The zero-order valence-electron chi connectivity index (χ0n) is 20.9. The molecule has 2 amide bonds. The van der Waals surface area contributed by atoms with Crippen molar-refractivity contribution in [3.05, 3.63) is 12.7 Å². The van der Waals surface area contributed by atoms with Crippen molar-refractivity contribution < 1.29 is 19.2 Å². The van der Waals surface area contributed by atoms with Crippen LogP contribution in [0.4, 0.5) is 0 Å². The van der Waals surface area contributed by atoms with Gasteiger partial charge in [0, 0.05) is 25.9 Å². The normalized spacial score (nSPS) is 21.2. The Morgan fingerprint density at radius 2 is 1.53 bits per heavy atom. The van der Waals surface area contributed by atoms with E-state index in [1.165, 1.54) is 6.92 Å². The van der Waals surface area contributed by atoms with Crippen molar-refractivity contribution in [2.45, 2.75) is 113 Å². The number of aldehydes is 1. The monoisotopic (exact) mass is 426 g/mol. The van der Waals surface area contributed by atoms with Crippen LogP contribution in [0.15, 0.2) is 12.7 Å². The number of carbonyl (C=O) groups excluding carboxylic acids is 4. The van der Waals surface area contributed by atoms with E-state index in [9.17, 15) is 19.2 Å². The second-order valence-electron chi connectivity index (χ2n) is 6.67. The van der Waals surface area contributed by atoms with Crippen LogP contribution >= 0.6 is 0 Å². The maximum absolute atomic E-state index is 11.5. The third-order valence-electron chi connectivity index (χ3n) is 4.59. The predicted octanol–water partition coefficient (Wildman–Crippen LogP) is 4.81. The molecule has 0 aromatic heterocycles. The van der Waals surface area contributed by atoms with Gasteiger partial charge in [-0.15, -0.1) is 6.58 Å². The summed E-state index contributed by atoms with van der Waals surface area (Å²) in [5.74, 6) is 0.228. The second-order valence-corrected chi connectivity index (χ2v) is 6.67. The van der Waals surface area contributed by atoms with E-state index in [2.05, 4.69) is 6.58 Å². The van der Waals surface area contributed by atoms with E-state index < -0.39 is 0 Å². The van der Waals surface area contributed by atoms with Crippen LogP contribution in [0.1, 0.15) is 94.4 Å². The van der Waals surface area contributed by atoms with Crippen LogP contribution in [0.2, 0.25) is 0 Å². The van der Waals surface area contributed by atoms with Gasteiger partial charge in [-0.05, 0) is 46.5 Å². The van der Waals surface area contributed by atoms with Crippen molar-refractivity contribution in [2.24, 2.45) is 0 Å². The van der Waals surface area contributed by atoms with Gasteiger partial charge in [-0.1, -0.05) is 40.7 Å². The van der Waals surface area contributed by atoms with Crippen molar-refractivity contribution in [2.75, 3.05) is 6.54 Å². The molecular weight excluding hydrogens is 380 g/mol. The molecule has 3 atom stereocenters. The van der Waals surface area contributed by atoms with Gasteiger partial charge in [0.15, 0.2) is 5.78 Å². The Kier molecular flexibility index (Phi) is 22.1. The maximum atomic E-state index is 11.5. The molecule has 0 bridgehead atoms. The molecule has 0 spiro atoms. The molecule has 0 saturated carbocycles. The summed E-state index contributed by atoms with van der Waals surface area (Å²) >= 11 is 0. The summed E-state index contributed by atoms with van der Waals surface area (Å²) < 4.78 is 0. The Hall–Kier alpha value is -1.98. The Morgan fingerprint density at radius 3 is 1.87 bits per heavy atom. The number of likely N-dealkylation sites (tertiary alicyclic amines) is 2. The van der Waals surface area contributed by atoms with Gasteiger partial charge in [-0.3, -0.25) is 14.4 Å². The third-order valence-corrected chi connectivity index (χ3v) is 4.59. The predicted molar refractivity (Wildman–Crippen MR) is 125 cm³/mol. The molecule has 30 heavy (non-hydrogen) atoms. The highest BCUT2D eigenvalue weighted by Crippen LogP contribution is 2.25. The van der Waals surface area contributed by atoms with E-state index in [4.69, 9.17) is 0 Å². The van der Waals surface area contributed by atoms with Crippen LogP contribution < -0.4 is 0 Å². The quantitative estimate of drug-likeness (QED) is 0.479. The Morgan fingerprint density at radius 1 is 1.03 bits per heavy atom. The molecule has 0 radical (unpaired) electrons. The van der Waals surface area contributed by atoms with E-state index in [1.807, 2.05) is 48.5 Å². The van der Waals surface area contributed by atoms with Gasteiger partial charge in [-0.2, -0.15) is 0 Å². The lowest BCUT2D eigenvalue weighted by Crippen LogP contribution is -2.42. The minimum atomic E-state index is -0.151. The minimum Gasteiger partial charge on any atom is -0.333 e. The number of allylic oxidation sites excluding steroid dienone is 1. The number of amides is 2. The highest BCUT2D eigenvalue weighted by molar-refractivity contribution is 5.88. The molecule has 6 heteroatoms. The molecule has 0 N–H and O–H groups in total. The molecular formula is C24H46N2O4. The van der Waals surface area contributed by atoms with Gasteiger partial charge in [-0.25, -0.2) is 0 Å². The molecule has 2 aliphatic rings. The summed E-state index contributed by atoms with van der Waals surface area (Å²) in [5.41, 5.74) is 0. The van der Waals surface area contributed by atoms with Crippen LogP contribution in [0.25, 0.3) is 0 Å². The molecule has 2 rings (SSSR count). The zero-order valence-corrected chi connectivity index (χ0v) is 20.9. The fraction of sp³-hybridized carbons (Fsp3) is 0.750. The summed E-state index contributed by atoms with van der Waals surface area (Å²) in [6.45, 7) is 20.9. The van der Waals surface area contributed by atoms with Crippen LogP contribution in [0.3, 0.4) is 0 Å². The molecule has 0 aromatic rings. The van der Waals surface area contributed by atoms with Gasteiger partial charge < -0.3 is 14.6 Å². The molecule has 2 heterocycles. The van der Waals surface area contributed by atoms with Crippen LogP contribution in [-0.4, -0.2) is 58.4 Å². The van der Waals surface area contributed by atoms with Crippen molar-refractivity contribution in [1.29, 1.82) is 0 Å². The van der Waals surface area contributed by atoms with Gasteiger partial charge >= 0.3 is 0 Å². The fourth-order valence-electron chi connectivity index (χ4n) is 3.31. The number of nitrogens with zero attached hydrogens (tertiary/aromatic N) is 2. The first-order chi connectivity index (χ1) is 14.2. The van der Waals surface area contributed by atoms with Crippen LogP contribution in [-0.2, 0) is 19.2 Å². The summed E-state index contributed by atoms with van der Waals surface area (Å²) in [4.78, 5) is 47.2. The van der Waals surface area contributed by atoms with E-state index in [0.29, 0.717) is 6.42 Å². The van der Waals surface area contributed by atoms with E-state index >= 15 is 0 Å². The summed E-state index contributed by atoms with van der Waals surface area (Å²) in [6, 6.07) is -0.0544. The molecule has 176 valence electrons. The van der Waals surface area contributed by atoms with Gasteiger partial charge in [0.25, 0.3) is 0 Å². The number of hydrogen-bond acceptors (Lipinski definition) is 4. The summed E-state index contributed by atoms with van der Waals surface area (Å²) in [5, 5.41) is 0. The number of Topliss-reactive ketones (excluding diaryl/α,β-unsaturated/α-hetero) is 1. The van der Waals surface area contributed by atoms with Crippen LogP contribution in [0.5, 0.6) is 0 Å². The van der Waals surface area contributed by atoms with E-state index in [1.54, 1.807) is 22.8 Å². The lowest BCUT2D eigenvalue weighted by atomic mass is 10.1.